The van der Waals surface area contributed by atoms with Crippen LogP contribution in [0.25, 0.3) is 0 Å². The molecular formula is C18H21N3O2S. The average molecular weight is 343 g/mol. The van der Waals surface area contributed by atoms with E-state index in [-0.39, 0.29) is 18.0 Å². The summed E-state index contributed by atoms with van der Waals surface area (Å²) in [5.41, 5.74) is 2.35. The summed E-state index contributed by atoms with van der Waals surface area (Å²) in [6.45, 7) is 3.11. The third-order valence-electron chi connectivity index (χ3n) is 4.66. The van der Waals surface area contributed by atoms with Crippen LogP contribution in [0.4, 0.5) is 4.79 Å². The molecule has 126 valence electrons. The molecule has 2 atom stereocenters. The lowest BCUT2D eigenvalue weighted by Crippen LogP contribution is -2.43. The van der Waals surface area contributed by atoms with Crippen LogP contribution in [-0.2, 0) is 6.54 Å². The van der Waals surface area contributed by atoms with Gasteiger partial charge in [0, 0.05) is 28.8 Å². The first-order chi connectivity index (χ1) is 11.7. The molecule has 1 aromatic heterocycles. The van der Waals surface area contributed by atoms with Crippen molar-refractivity contribution in [1.82, 2.24) is 15.6 Å². The Hall–Kier alpha value is -2.08. The van der Waals surface area contributed by atoms with E-state index in [9.17, 15) is 4.79 Å². The van der Waals surface area contributed by atoms with Gasteiger partial charge in [0.2, 0.25) is 0 Å². The number of nitrogens with zero attached hydrogens (tertiary/aromatic N) is 1. The Labute approximate surface area is 145 Å². The van der Waals surface area contributed by atoms with E-state index in [0.717, 1.165) is 10.8 Å². The Morgan fingerprint density at radius 2 is 2.25 bits per heavy atom. The summed E-state index contributed by atoms with van der Waals surface area (Å²) in [4.78, 5) is 16.7. The number of hydrogen-bond acceptors (Lipinski definition) is 4. The van der Waals surface area contributed by atoms with E-state index in [0.29, 0.717) is 19.1 Å². The van der Waals surface area contributed by atoms with Gasteiger partial charge in [-0.25, -0.2) is 9.78 Å². The second kappa shape index (κ2) is 6.43. The second-order valence-electron chi connectivity index (χ2n) is 6.51. The van der Waals surface area contributed by atoms with Crippen LogP contribution in [0.5, 0.6) is 5.75 Å². The maximum Gasteiger partial charge on any atom is 0.315 e. The predicted molar refractivity (Wildman–Crippen MR) is 93.6 cm³/mol. The van der Waals surface area contributed by atoms with Gasteiger partial charge in [-0.1, -0.05) is 18.2 Å². The van der Waals surface area contributed by atoms with E-state index < -0.39 is 0 Å². The van der Waals surface area contributed by atoms with E-state index in [1.165, 1.54) is 24.1 Å². The monoisotopic (exact) mass is 343 g/mol. The second-order valence-corrected chi connectivity index (χ2v) is 7.45. The van der Waals surface area contributed by atoms with Crippen molar-refractivity contribution in [3.63, 3.8) is 0 Å². The topological polar surface area (TPSA) is 63.2 Å². The van der Waals surface area contributed by atoms with E-state index >= 15 is 0 Å². The van der Waals surface area contributed by atoms with Gasteiger partial charge in [0.05, 0.1) is 18.8 Å². The lowest BCUT2D eigenvalue weighted by Gasteiger charge is -2.20. The molecule has 1 aliphatic carbocycles. The number of thiazole rings is 1. The quantitative estimate of drug-likeness (QED) is 0.875. The van der Waals surface area contributed by atoms with Crippen LogP contribution < -0.4 is 15.4 Å². The maximum atomic E-state index is 12.2. The van der Waals surface area contributed by atoms with Gasteiger partial charge in [0.1, 0.15) is 10.8 Å². The van der Waals surface area contributed by atoms with Gasteiger partial charge >= 0.3 is 6.03 Å². The van der Waals surface area contributed by atoms with Crippen molar-refractivity contribution in [2.45, 2.75) is 44.2 Å². The van der Waals surface area contributed by atoms with Gasteiger partial charge < -0.3 is 15.4 Å². The van der Waals surface area contributed by atoms with E-state index in [1.807, 2.05) is 25.1 Å². The van der Waals surface area contributed by atoms with E-state index in [4.69, 9.17) is 4.74 Å². The third kappa shape index (κ3) is 3.24. The standard InChI is InChI=1S/C18H21N3O2S/c1-11(14-9-23-16-5-3-2-4-13(14)16)20-18(22)19-8-17-21-15(10-24-17)12-6-7-12/h2-5,10-12,14H,6-9H2,1H3,(H2,19,20,22)/t11-,14-/m0/s1. The molecule has 6 heteroatoms. The van der Waals surface area contributed by atoms with Crippen molar-refractivity contribution in [2.24, 2.45) is 0 Å². The van der Waals surface area contributed by atoms with Crippen molar-refractivity contribution < 1.29 is 9.53 Å². The normalized spacial score (nSPS) is 20.1. The van der Waals surface area contributed by atoms with Crippen LogP contribution in [-0.4, -0.2) is 23.7 Å². The molecule has 2 heterocycles. The Morgan fingerprint density at radius 1 is 1.42 bits per heavy atom. The van der Waals surface area contributed by atoms with E-state index in [2.05, 4.69) is 27.1 Å². The highest BCUT2D eigenvalue weighted by Gasteiger charge is 2.29. The van der Waals surface area contributed by atoms with Crippen molar-refractivity contribution >= 4 is 17.4 Å². The van der Waals surface area contributed by atoms with Gasteiger partial charge in [-0.05, 0) is 25.8 Å². The molecule has 1 aromatic carbocycles. The van der Waals surface area contributed by atoms with Crippen LogP contribution in [0, 0.1) is 0 Å². The molecule has 2 aliphatic rings. The number of urea groups is 1. The number of benzene rings is 1. The van der Waals surface area contributed by atoms with E-state index in [1.54, 1.807) is 11.3 Å². The zero-order valence-electron chi connectivity index (χ0n) is 13.6. The lowest BCUT2D eigenvalue weighted by molar-refractivity contribution is 0.232. The number of rotatable bonds is 5. The number of aromatic nitrogens is 1. The van der Waals surface area contributed by atoms with Crippen LogP contribution in [0.3, 0.4) is 0 Å². The van der Waals surface area contributed by atoms with Gasteiger partial charge in [-0.15, -0.1) is 11.3 Å². The average Bonchev–Trinajstić information content (AvgIpc) is 3.17. The number of carbonyl (C=O) groups excluding carboxylic acids is 1. The summed E-state index contributed by atoms with van der Waals surface area (Å²) in [5, 5.41) is 9.01. The molecule has 0 spiro atoms. The smallest absolute Gasteiger partial charge is 0.315 e. The minimum Gasteiger partial charge on any atom is -0.493 e. The predicted octanol–water partition coefficient (Wildman–Crippen LogP) is 3.38. The zero-order valence-corrected chi connectivity index (χ0v) is 14.4. The van der Waals surface area contributed by atoms with Crippen LogP contribution >= 0.6 is 11.3 Å². The highest BCUT2D eigenvalue weighted by molar-refractivity contribution is 7.09. The minimum absolute atomic E-state index is 0.00645. The Balaban J connectivity index is 1.29. The molecule has 2 N–H and O–H groups in total. The number of hydrogen-bond donors (Lipinski definition) is 2. The van der Waals surface area contributed by atoms with Crippen molar-refractivity contribution in [1.29, 1.82) is 0 Å². The van der Waals surface area contributed by atoms with Crippen molar-refractivity contribution in [3.8, 4) is 5.75 Å². The molecule has 1 saturated carbocycles. The number of carbonyl (C=O) groups is 1. The largest absolute Gasteiger partial charge is 0.493 e. The number of fused-ring (bicyclic) bond motifs is 1. The summed E-state index contributed by atoms with van der Waals surface area (Å²) < 4.78 is 5.69. The number of ether oxygens (including phenoxy) is 1. The Bertz CT molecular complexity index is 741. The molecule has 0 radical (unpaired) electrons. The zero-order chi connectivity index (χ0) is 16.5. The molecule has 2 amide bonds. The van der Waals surface area contributed by atoms with Crippen molar-refractivity contribution in [3.05, 3.63) is 45.9 Å². The van der Waals surface area contributed by atoms with Crippen LogP contribution in [0.1, 0.15) is 47.9 Å². The Kier molecular flexibility index (Phi) is 4.14. The Morgan fingerprint density at radius 3 is 3.08 bits per heavy atom. The maximum absolute atomic E-state index is 12.2. The molecule has 4 rings (SSSR count). The summed E-state index contributed by atoms with van der Waals surface area (Å²) in [6.07, 6.45) is 2.50. The fraction of sp³-hybridized carbons (Fsp3) is 0.444. The molecular weight excluding hydrogens is 322 g/mol. The third-order valence-corrected chi connectivity index (χ3v) is 5.53. The van der Waals surface area contributed by atoms with Crippen LogP contribution in [0.15, 0.2) is 29.6 Å². The molecule has 0 unspecified atom stereocenters. The number of para-hydroxylation sites is 1. The first kappa shape index (κ1) is 15.4. The summed E-state index contributed by atoms with van der Waals surface area (Å²) in [7, 11) is 0. The summed E-state index contributed by atoms with van der Waals surface area (Å²) >= 11 is 1.62. The first-order valence-corrected chi connectivity index (χ1v) is 9.29. The lowest BCUT2D eigenvalue weighted by atomic mass is 9.94. The minimum atomic E-state index is -0.157. The highest BCUT2D eigenvalue weighted by atomic mass is 32.1. The fourth-order valence-corrected chi connectivity index (χ4v) is 3.90. The SMILES string of the molecule is C[C@H](NC(=O)NCc1nc(C2CC2)cs1)[C@@H]1COc2ccccc21. The molecule has 2 aromatic rings. The summed E-state index contributed by atoms with van der Waals surface area (Å²) in [6, 6.07) is 7.87. The molecule has 5 nitrogen and oxygen atoms in total. The molecule has 1 fully saturated rings. The number of amides is 2. The van der Waals surface area contributed by atoms with Crippen molar-refractivity contribution in [2.75, 3.05) is 6.61 Å². The van der Waals surface area contributed by atoms with Gasteiger partial charge in [-0.2, -0.15) is 0 Å². The van der Waals surface area contributed by atoms with Crippen LogP contribution in [0.2, 0.25) is 0 Å². The molecule has 0 saturated heterocycles. The van der Waals surface area contributed by atoms with Gasteiger partial charge in [0.25, 0.3) is 0 Å². The first-order valence-electron chi connectivity index (χ1n) is 8.41. The van der Waals surface area contributed by atoms with Gasteiger partial charge in [-0.3, -0.25) is 0 Å². The van der Waals surface area contributed by atoms with Gasteiger partial charge in [0.15, 0.2) is 0 Å². The molecule has 24 heavy (non-hydrogen) atoms. The summed E-state index contributed by atoms with van der Waals surface area (Å²) in [5.74, 6) is 1.77. The molecule has 1 aliphatic heterocycles. The fourth-order valence-electron chi connectivity index (χ4n) is 3.09. The molecule has 0 bridgehead atoms. The number of nitrogens with one attached hydrogen (secondary N) is 2. The highest BCUT2D eigenvalue weighted by Crippen LogP contribution is 2.40.